The van der Waals surface area contributed by atoms with E-state index in [1.165, 1.54) is 0 Å². The molecule has 0 rings (SSSR count). The van der Waals surface area contributed by atoms with Crippen LogP contribution in [0.5, 0.6) is 0 Å². The average molecular weight is 229 g/mol. The molecule has 5 nitrogen and oxygen atoms in total. The smallest absolute Gasteiger partial charge is 0.205 e. The van der Waals surface area contributed by atoms with Crippen LogP contribution in [0.2, 0.25) is 0 Å². The lowest BCUT2D eigenvalue weighted by Gasteiger charge is -2.18. The van der Waals surface area contributed by atoms with Gasteiger partial charge in [-0.05, 0) is 19.0 Å². The Kier molecular flexibility index (Phi) is 8.94. The van der Waals surface area contributed by atoms with E-state index in [1.54, 1.807) is 0 Å². The maximum absolute atomic E-state index is 5.38. The van der Waals surface area contributed by atoms with Crippen LogP contribution in [0.3, 0.4) is 0 Å². The van der Waals surface area contributed by atoms with Gasteiger partial charge in [0, 0.05) is 19.6 Å². The zero-order chi connectivity index (χ0) is 12.4. The monoisotopic (exact) mass is 229 g/mol. The molecule has 0 aromatic carbocycles. The molecule has 0 amide bonds. The van der Waals surface area contributed by atoms with Crippen molar-refractivity contribution in [3.8, 4) is 0 Å². The van der Waals surface area contributed by atoms with Gasteiger partial charge in [0.15, 0.2) is 0 Å². The third kappa shape index (κ3) is 7.48. The molecule has 0 radical (unpaired) electrons. The van der Waals surface area contributed by atoms with Crippen molar-refractivity contribution in [3.05, 3.63) is 0 Å². The molecule has 96 valence electrons. The number of hydrogen-bond acceptors (Lipinski definition) is 3. The van der Waals surface area contributed by atoms with Crippen LogP contribution < -0.4 is 16.6 Å². The lowest BCUT2D eigenvalue weighted by Crippen LogP contribution is -2.44. The van der Waals surface area contributed by atoms with Crippen LogP contribution in [0.4, 0.5) is 0 Å². The standard InChI is InChI=1S/C11H27N5/c1-5-16(6-2)8-7-13-11(15-12)14-9-10(3)4/h10H,5-9,12H2,1-4H3,(H2,13,14,15). The summed E-state index contributed by atoms with van der Waals surface area (Å²) < 4.78 is 0. The maximum atomic E-state index is 5.38. The molecular weight excluding hydrogens is 202 g/mol. The van der Waals surface area contributed by atoms with E-state index in [-0.39, 0.29) is 0 Å². The van der Waals surface area contributed by atoms with Gasteiger partial charge in [0.2, 0.25) is 5.96 Å². The highest BCUT2D eigenvalue weighted by Gasteiger charge is 2.00. The van der Waals surface area contributed by atoms with Crippen LogP contribution in [0.1, 0.15) is 27.7 Å². The first-order chi connectivity index (χ1) is 7.63. The van der Waals surface area contributed by atoms with Crippen LogP contribution in [0, 0.1) is 5.92 Å². The van der Waals surface area contributed by atoms with Gasteiger partial charge < -0.3 is 10.2 Å². The van der Waals surface area contributed by atoms with Crippen molar-refractivity contribution >= 4 is 5.96 Å². The van der Waals surface area contributed by atoms with E-state index in [2.05, 4.69) is 48.3 Å². The SMILES string of the molecule is CCN(CC)CCNC(=NCC(C)C)NN. The Morgan fingerprint density at radius 3 is 2.38 bits per heavy atom. The fraction of sp³-hybridized carbons (Fsp3) is 0.909. The summed E-state index contributed by atoms with van der Waals surface area (Å²) in [6.45, 7) is 13.4. The van der Waals surface area contributed by atoms with Crippen molar-refractivity contribution in [1.29, 1.82) is 0 Å². The molecule has 0 spiro atoms. The van der Waals surface area contributed by atoms with Crippen LogP contribution in [0.15, 0.2) is 4.99 Å². The minimum Gasteiger partial charge on any atom is -0.354 e. The quantitative estimate of drug-likeness (QED) is 0.256. The predicted octanol–water partition coefficient (Wildman–Crippen LogP) is 0.393. The van der Waals surface area contributed by atoms with E-state index in [0.29, 0.717) is 11.9 Å². The molecule has 0 bridgehead atoms. The molecule has 0 aromatic heterocycles. The number of nitrogens with two attached hydrogens (primary N) is 1. The molecular formula is C11H27N5. The van der Waals surface area contributed by atoms with Gasteiger partial charge in [0.05, 0.1) is 0 Å². The number of hydrazine groups is 1. The van der Waals surface area contributed by atoms with Crippen molar-refractivity contribution in [1.82, 2.24) is 15.6 Å². The molecule has 0 heterocycles. The van der Waals surface area contributed by atoms with E-state index >= 15 is 0 Å². The molecule has 0 aromatic rings. The number of guanidine groups is 1. The van der Waals surface area contributed by atoms with Crippen LogP contribution in [-0.2, 0) is 0 Å². The molecule has 5 heteroatoms. The van der Waals surface area contributed by atoms with Gasteiger partial charge in [-0.25, -0.2) is 5.84 Å². The molecule has 0 aliphatic heterocycles. The van der Waals surface area contributed by atoms with Gasteiger partial charge in [-0.2, -0.15) is 0 Å². The minimum atomic E-state index is 0.549. The van der Waals surface area contributed by atoms with E-state index in [1.807, 2.05) is 0 Å². The number of nitrogens with one attached hydrogen (secondary N) is 2. The molecule has 0 fully saturated rings. The van der Waals surface area contributed by atoms with Crippen LogP contribution >= 0.6 is 0 Å². The first kappa shape index (κ1) is 15.2. The van der Waals surface area contributed by atoms with Crippen molar-refractivity contribution in [2.45, 2.75) is 27.7 Å². The van der Waals surface area contributed by atoms with Gasteiger partial charge in [0.1, 0.15) is 0 Å². The second-order valence-electron chi connectivity index (χ2n) is 4.18. The number of rotatable bonds is 7. The number of hydrogen-bond donors (Lipinski definition) is 3. The summed E-state index contributed by atoms with van der Waals surface area (Å²) in [6, 6.07) is 0. The number of nitrogens with zero attached hydrogens (tertiary/aromatic N) is 2. The zero-order valence-corrected chi connectivity index (χ0v) is 11.1. The Balaban J connectivity index is 3.82. The maximum Gasteiger partial charge on any atom is 0.205 e. The summed E-state index contributed by atoms with van der Waals surface area (Å²) in [6.07, 6.45) is 0. The Morgan fingerprint density at radius 1 is 1.31 bits per heavy atom. The first-order valence-electron chi connectivity index (χ1n) is 6.11. The second kappa shape index (κ2) is 9.42. The summed E-state index contributed by atoms with van der Waals surface area (Å²) in [7, 11) is 0. The predicted molar refractivity (Wildman–Crippen MR) is 70.3 cm³/mol. The molecule has 0 aliphatic rings. The zero-order valence-electron chi connectivity index (χ0n) is 11.1. The summed E-state index contributed by atoms with van der Waals surface area (Å²) in [5.41, 5.74) is 2.59. The Hall–Kier alpha value is -0.810. The van der Waals surface area contributed by atoms with Gasteiger partial charge in [0.25, 0.3) is 0 Å². The van der Waals surface area contributed by atoms with Crippen molar-refractivity contribution in [2.24, 2.45) is 16.8 Å². The minimum absolute atomic E-state index is 0.549. The van der Waals surface area contributed by atoms with Crippen molar-refractivity contribution in [3.63, 3.8) is 0 Å². The molecule has 16 heavy (non-hydrogen) atoms. The Labute approximate surface area is 99.5 Å². The van der Waals surface area contributed by atoms with Crippen molar-refractivity contribution in [2.75, 3.05) is 32.7 Å². The van der Waals surface area contributed by atoms with E-state index in [9.17, 15) is 0 Å². The highest BCUT2D eigenvalue weighted by molar-refractivity contribution is 5.79. The molecule has 0 aliphatic carbocycles. The van der Waals surface area contributed by atoms with Gasteiger partial charge in [-0.15, -0.1) is 0 Å². The summed E-state index contributed by atoms with van der Waals surface area (Å²) in [4.78, 5) is 6.69. The summed E-state index contributed by atoms with van der Waals surface area (Å²) in [5, 5.41) is 3.20. The van der Waals surface area contributed by atoms with Gasteiger partial charge >= 0.3 is 0 Å². The molecule has 0 saturated heterocycles. The van der Waals surface area contributed by atoms with Crippen LogP contribution in [0.25, 0.3) is 0 Å². The lowest BCUT2D eigenvalue weighted by molar-refractivity contribution is 0.308. The summed E-state index contributed by atoms with van der Waals surface area (Å²) in [5.74, 6) is 6.61. The third-order valence-corrected chi connectivity index (χ3v) is 2.37. The number of aliphatic imine (C=N–C) groups is 1. The molecule has 4 N–H and O–H groups in total. The Bertz CT molecular complexity index is 187. The normalized spacial score (nSPS) is 12.3. The molecule has 0 saturated carbocycles. The molecule has 0 unspecified atom stereocenters. The van der Waals surface area contributed by atoms with Crippen LogP contribution in [-0.4, -0.2) is 43.6 Å². The van der Waals surface area contributed by atoms with E-state index in [4.69, 9.17) is 5.84 Å². The number of likely N-dealkylation sites (N-methyl/N-ethyl adjacent to an activating group) is 1. The first-order valence-corrected chi connectivity index (χ1v) is 6.11. The highest BCUT2D eigenvalue weighted by atomic mass is 15.3. The van der Waals surface area contributed by atoms with E-state index < -0.39 is 0 Å². The summed E-state index contributed by atoms with van der Waals surface area (Å²) >= 11 is 0. The largest absolute Gasteiger partial charge is 0.354 e. The third-order valence-electron chi connectivity index (χ3n) is 2.37. The fourth-order valence-corrected chi connectivity index (χ4v) is 1.30. The fourth-order valence-electron chi connectivity index (χ4n) is 1.30. The van der Waals surface area contributed by atoms with Crippen molar-refractivity contribution < 1.29 is 0 Å². The highest BCUT2D eigenvalue weighted by Crippen LogP contribution is 1.91. The Morgan fingerprint density at radius 2 is 1.94 bits per heavy atom. The van der Waals surface area contributed by atoms with Gasteiger partial charge in [-0.1, -0.05) is 27.7 Å². The van der Waals surface area contributed by atoms with Gasteiger partial charge in [-0.3, -0.25) is 10.4 Å². The second-order valence-corrected chi connectivity index (χ2v) is 4.18. The average Bonchev–Trinajstić information content (AvgIpc) is 2.28. The topological polar surface area (TPSA) is 65.7 Å². The lowest BCUT2D eigenvalue weighted by atomic mass is 10.2. The van der Waals surface area contributed by atoms with E-state index in [0.717, 1.165) is 32.7 Å². The molecule has 0 atom stereocenters.